The highest BCUT2D eigenvalue weighted by molar-refractivity contribution is 5.69. The van der Waals surface area contributed by atoms with Gasteiger partial charge >= 0.3 is 18.0 Å². The molecule has 0 bridgehead atoms. The number of fused-ring (bicyclic) bond motifs is 1. The number of imidazole rings is 1. The molecule has 1 N–H and O–H groups in total. The van der Waals surface area contributed by atoms with E-state index in [1.165, 1.54) is 17.9 Å². The number of hydrogen-bond acceptors (Lipinski definition) is 4. The number of aliphatic hydroxyl groups is 1. The summed E-state index contributed by atoms with van der Waals surface area (Å²) in [5.74, 6) is -2.53. The Labute approximate surface area is 165 Å². The van der Waals surface area contributed by atoms with E-state index in [4.69, 9.17) is 0 Å². The molecule has 0 aliphatic heterocycles. The maximum absolute atomic E-state index is 13.1. The summed E-state index contributed by atoms with van der Waals surface area (Å²) in [4.78, 5) is 29.2. The molecule has 1 aliphatic carbocycles. The van der Waals surface area contributed by atoms with E-state index in [1.807, 2.05) is 0 Å². The van der Waals surface area contributed by atoms with E-state index in [9.17, 15) is 41.0 Å². The smallest absolute Gasteiger partial charge is 0.373 e. The lowest BCUT2D eigenvalue weighted by Crippen LogP contribution is -2.62. The Morgan fingerprint density at radius 1 is 1.03 bits per heavy atom. The van der Waals surface area contributed by atoms with Crippen molar-refractivity contribution in [1.82, 2.24) is 18.7 Å². The van der Waals surface area contributed by atoms with Gasteiger partial charge in [-0.15, -0.1) is 0 Å². The largest absolute Gasteiger partial charge is 0.426 e. The topological polar surface area (TPSA) is 82.1 Å². The molecule has 2 aromatic heterocycles. The minimum absolute atomic E-state index is 0.0991. The van der Waals surface area contributed by atoms with Gasteiger partial charge in [0.1, 0.15) is 0 Å². The summed E-state index contributed by atoms with van der Waals surface area (Å²) < 4.78 is 81.9. The van der Waals surface area contributed by atoms with E-state index < -0.39 is 53.9 Å². The molecule has 2 aromatic rings. The van der Waals surface area contributed by atoms with Gasteiger partial charge in [0.05, 0.1) is 6.33 Å². The first kappa shape index (κ1) is 22.4. The van der Waals surface area contributed by atoms with Gasteiger partial charge in [0.15, 0.2) is 11.2 Å². The standard InChI is InChI=1S/C17H20F6N4O3/c1-25-8-24-12-11(25)13(28)27(14(29)26(12)2)7-9-3-5-10(6-4-9)15(30,16(18,19)20)17(21,22)23/h8-10,30H,3-7H2,1-2H3/t9-,10-. The molecular weight excluding hydrogens is 422 g/mol. The zero-order valence-corrected chi connectivity index (χ0v) is 16.1. The second-order valence-electron chi connectivity index (χ2n) is 7.76. The van der Waals surface area contributed by atoms with Crippen molar-refractivity contribution < 1.29 is 31.4 Å². The van der Waals surface area contributed by atoms with Crippen LogP contribution >= 0.6 is 0 Å². The molecule has 0 saturated heterocycles. The lowest BCUT2D eigenvalue weighted by molar-refractivity contribution is -0.387. The van der Waals surface area contributed by atoms with Crippen molar-refractivity contribution >= 4 is 11.2 Å². The van der Waals surface area contributed by atoms with E-state index in [0.29, 0.717) is 0 Å². The number of halogens is 6. The fraction of sp³-hybridized carbons (Fsp3) is 0.706. The Bertz CT molecular complexity index is 1040. The Hall–Kier alpha value is -2.31. The van der Waals surface area contributed by atoms with Gasteiger partial charge in [-0.1, -0.05) is 0 Å². The van der Waals surface area contributed by atoms with Crippen LogP contribution in [0.5, 0.6) is 0 Å². The highest BCUT2D eigenvalue weighted by Crippen LogP contribution is 2.52. The Kier molecular flexibility index (Phi) is 5.32. The van der Waals surface area contributed by atoms with E-state index in [-0.39, 0.29) is 30.6 Å². The molecule has 1 aliphatic rings. The van der Waals surface area contributed by atoms with Crippen LogP contribution in [-0.4, -0.2) is 41.7 Å². The Balaban J connectivity index is 1.84. The fourth-order valence-corrected chi connectivity index (χ4v) is 4.20. The normalized spacial score (nSPS) is 21.4. The first-order valence-electron chi connectivity index (χ1n) is 9.16. The van der Waals surface area contributed by atoms with Crippen LogP contribution in [0.15, 0.2) is 15.9 Å². The second kappa shape index (κ2) is 7.13. The first-order chi connectivity index (χ1) is 13.7. The van der Waals surface area contributed by atoms with Crippen molar-refractivity contribution in [1.29, 1.82) is 0 Å². The van der Waals surface area contributed by atoms with Crippen molar-refractivity contribution in [2.24, 2.45) is 25.9 Å². The number of aromatic nitrogens is 4. The average Bonchev–Trinajstić information content (AvgIpc) is 3.03. The minimum atomic E-state index is -5.86. The molecular formula is C17H20F6N4O3. The third-order valence-corrected chi connectivity index (χ3v) is 5.94. The van der Waals surface area contributed by atoms with Gasteiger partial charge in [0.25, 0.3) is 11.2 Å². The molecule has 3 rings (SSSR count). The molecule has 0 spiro atoms. The SMILES string of the molecule is Cn1cnc2c1c(=O)n(C[C@H]1CC[C@H](C(O)(C(F)(F)F)C(F)(F)F)CC1)c(=O)n2C. The molecule has 0 radical (unpaired) electrons. The Morgan fingerprint density at radius 2 is 1.57 bits per heavy atom. The molecule has 0 atom stereocenters. The third kappa shape index (κ3) is 3.32. The van der Waals surface area contributed by atoms with Crippen LogP contribution in [-0.2, 0) is 20.6 Å². The van der Waals surface area contributed by atoms with Gasteiger partial charge < -0.3 is 9.67 Å². The van der Waals surface area contributed by atoms with E-state index in [0.717, 1.165) is 9.13 Å². The van der Waals surface area contributed by atoms with E-state index >= 15 is 0 Å². The fourth-order valence-electron chi connectivity index (χ4n) is 4.20. The molecule has 0 amide bonds. The minimum Gasteiger partial charge on any atom is -0.373 e. The van der Waals surface area contributed by atoms with Crippen LogP contribution in [0, 0.1) is 11.8 Å². The van der Waals surface area contributed by atoms with Crippen LogP contribution in [0.3, 0.4) is 0 Å². The Morgan fingerprint density at radius 3 is 2.07 bits per heavy atom. The summed E-state index contributed by atoms with van der Waals surface area (Å²) in [5.41, 5.74) is -5.75. The molecule has 30 heavy (non-hydrogen) atoms. The lowest BCUT2D eigenvalue weighted by atomic mass is 9.72. The summed E-state index contributed by atoms with van der Waals surface area (Å²) in [7, 11) is 2.98. The monoisotopic (exact) mass is 442 g/mol. The van der Waals surface area contributed by atoms with Gasteiger partial charge in [-0.05, 0) is 31.6 Å². The molecule has 7 nitrogen and oxygen atoms in total. The van der Waals surface area contributed by atoms with Crippen molar-refractivity contribution in [2.45, 2.75) is 50.2 Å². The molecule has 2 heterocycles. The van der Waals surface area contributed by atoms with Crippen LogP contribution in [0.4, 0.5) is 26.3 Å². The van der Waals surface area contributed by atoms with Gasteiger partial charge in [-0.2, -0.15) is 26.3 Å². The molecule has 0 aromatic carbocycles. The highest BCUT2D eigenvalue weighted by Gasteiger charge is 2.73. The predicted molar refractivity (Wildman–Crippen MR) is 92.7 cm³/mol. The van der Waals surface area contributed by atoms with Crippen molar-refractivity contribution in [3.8, 4) is 0 Å². The van der Waals surface area contributed by atoms with Crippen LogP contribution in [0.1, 0.15) is 25.7 Å². The molecule has 0 unspecified atom stereocenters. The molecule has 168 valence electrons. The first-order valence-corrected chi connectivity index (χ1v) is 9.16. The van der Waals surface area contributed by atoms with Crippen LogP contribution in [0.25, 0.3) is 11.2 Å². The average molecular weight is 442 g/mol. The number of hydrogen-bond donors (Lipinski definition) is 1. The van der Waals surface area contributed by atoms with Gasteiger partial charge in [0, 0.05) is 26.6 Å². The number of nitrogens with zero attached hydrogens (tertiary/aromatic N) is 4. The lowest BCUT2D eigenvalue weighted by Gasteiger charge is -2.41. The zero-order valence-electron chi connectivity index (χ0n) is 16.1. The predicted octanol–water partition coefficient (Wildman–Crippen LogP) is 2.10. The highest BCUT2D eigenvalue weighted by atomic mass is 19.4. The molecule has 1 fully saturated rings. The second-order valence-corrected chi connectivity index (χ2v) is 7.76. The van der Waals surface area contributed by atoms with Crippen molar-refractivity contribution in [2.75, 3.05) is 0 Å². The van der Waals surface area contributed by atoms with Crippen molar-refractivity contribution in [3.63, 3.8) is 0 Å². The zero-order chi connectivity index (χ0) is 22.6. The van der Waals surface area contributed by atoms with Gasteiger partial charge in [-0.25, -0.2) is 9.78 Å². The summed E-state index contributed by atoms with van der Waals surface area (Å²) >= 11 is 0. The molecule has 13 heteroatoms. The van der Waals surface area contributed by atoms with E-state index in [1.54, 1.807) is 7.05 Å². The summed E-state index contributed by atoms with van der Waals surface area (Å²) in [5, 5.41) is 9.57. The maximum Gasteiger partial charge on any atom is 0.426 e. The van der Waals surface area contributed by atoms with Crippen molar-refractivity contribution in [3.05, 3.63) is 27.2 Å². The van der Waals surface area contributed by atoms with Gasteiger partial charge in [0.2, 0.25) is 0 Å². The number of aryl methyl sites for hydroxylation is 2. The van der Waals surface area contributed by atoms with E-state index in [2.05, 4.69) is 4.98 Å². The third-order valence-electron chi connectivity index (χ3n) is 5.94. The summed E-state index contributed by atoms with van der Waals surface area (Å²) in [6.07, 6.45) is -11.6. The van der Waals surface area contributed by atoms with Crippen LogP contribution < -0.4 is 11.2 Å². The molecule has 1 saturated carbocycles. The summed E-state index contributed by atoms with van der Waals surface area (Å²) in [6.45, 7) is -0.143. The number of alkyl halides is 6. The van der Waals surface area contributed by atoms with Crippen LogP contribution in [0.2, 0.25) is 0 Å². The van der Waals surface area contributed by atoms with Gasteiger partial charge in [-0.3, -0.25) is 13.9 Å². The number of rotatable bonds is 3. The quantitative estimate of drug-likeness (QED) is 0.739. The summed E-state index contributed by atoms with van der Waals surface area (Å²) in [6, 6.07) is 0. The maximum atomic E-state index is 13.1.